The molecule has 0 saturated carbocycles. The fourth-order valence-electron chi connectivity index (χ4n) is 1.69. The van der Waals surface area contributed by atoms with Crippen LogP contribution in [-0.4, -0.2) is 18.3 Å². The number of para-hydroxylation sites is 1. The number of anilines is 1. The lowest BCUT2D eigenvalue weighted by Gasteiger charge is -2.08. The smallest absolute Gasteiger partial charge is 0.312 e. The van der Waals surface area contributed by atoms with Crippen LogP contribution < -0.4 is 10.5 Å². The lowest BCUT2D eigenvalue weighted by Crippen LogP contribution is -2.24. The van der Waals surface area contributed by atoms with Crippen molar-refractivity contribution in [2.45, 2.75) is 18.4 Å². The van der Waals surface area contributed by atoms with Gasteiger partial charge < -0.3 is 5.73 Å². The molecule has 21 heavy (non-hydrogen) atoms. The van der Waals surface area contributed by atoms with Gasteiger partial charge in [-0.15, -0.1) is 11.3 Å². The van der Waals surface area contributed by atoms with Crippen LogP contribution in [0, 0.1) is 17.0 Å². The molecule has 0 aliphatic carbocycles. The second-order valence-electron chi connectivity index (χ2n) is 4.14. The maximum Gasteiger partial charge on any atom is 0.312 e. The summed E-state index contributed by atoms with van der Waals surface area (Å²) in [4.78, 5) is 14.5. The van der Waals surface area contributed by atoms with Crippen LogP contribution in [0.4, 0.5) is 11.4 Å². The normalized spacial score (nSPS) is 11.5. The number of nitro groups is 1. The van der Waals surface area contributed by atoms with Gasteiger partial charge in [-0.3, -0.25) is 10.1 Å². The van der Waals surface area contributed by atoms with Crippen molar-refractivity contribution in [1.29, 1.82) is 0 Å². The number of hydrogen-bond acceptors (Lipinski definition) is 7. The van der Waals surface area contributed by atoms with Crippen molar-refractivity contribution in [2.75, 3.05) is 5.73 Å². The van der Waals surface area contributed by atoms with Crippen molar-refractivity contribution in [2.24, 2.45) is 0 Å². The van der Waals surface area contributed by atoms with Gasteiger partial charge in [0.2, 0.25) is 10.0 Å². The van der Waals surface area contributed by atoms with E-state index in [-0.39, 0.29) is 12.2 Å². The lowest BCUT2D eigenvalue weighted by atomic mass is 10.3. The van der Waals surface area contributed by atoms with E-state index < -0.39 is 25.5 Å². The summed E-state index contributed by atoms with van der Waals surface area (Å²) < 4.78 is 26.8. The van der Waals surface area contributed by atoms with Gasteiger partial charge in [0.05, 0.1) is 16.1 Å². The summed E-state index contributed by atoms with van der Waals surface area (Å²) in [7, 11) is -4.04. The van der Waals surface area contributed by atoms with Gasteiger partial charge in [0.25, 0.3) is 0 Å². The molecular formula is C11H12N4O4S2. The average Bonchev–Trinajstić information content (AvgIpc) is 2.81. The summed E-state index contributed by atoms with van der Waals surface area (Å²) in [6, 6.07) is 3.79. The first kappa shape index (κ1) is 15.4. The molecule has 8 nitrogen and oxygen atoms in total. The van der Waals surface area contributed by atoms with Crippen LogP contribution in [0.15, 0.2) is 28.6 Å². The third-order valence-corrected chi connectivity index (χ3v) is 5.14. The van der Waals surface area contributed by atoms with Crippen molar-refractivity contribution >= 4 is 32.7 Å². The first-order valence-corrected chi connectivity index (χ1v) is 8.10. The Morgan fingerprint density at radius 1 is 1.48 bits per heavy atom. The minimum absolute atomic E-state index is 0.0186. The standard InChI is InChI=1S/C11H12N4O4S2/c1-7-9(20-6-13-7)5-14-21(18,19)10-4-2-3-8(12)11(10)15(16)17/h2-4,6,14H,5,12H2,1H3. The van der Waals surface area contributed by atoms with E-state index in [9.17, 15) is 18.5 Å². The molecule has 1 aromatic heterocycles. The van der Waals surface area contributed by atoms with E-state index in [4.69, 9.17) is 5.73 Å². The van der Waals surface area contributed by atoms with E-state index in [1.54, 1.807) is 12.4 Å². The fraction of sp³-hybridized carbons (Fsp3) is 0.182. The lowest BCUT2D eigenvalue weighted by molar-refractivity contribution is -0.386. The SMILES string of the molecule is Cc1ncsc1CNS(=O)(=O)c1cccc(N)c1[N+](=O)[O-]. The predicted molar refractivity (Wildman–Crippen MR) is 78.4 cm³/mol. The van der Waals surface area contributed by atoms with Gasteiger partial charge in [-0.1, -0.05) is 6.07 Å². The topological polar surface area (TPSA) is 128 Å². The highest BCUT2D eigenvalue weighted by Crippen LogP contribution is 2.29. The molecule has 0 fully saturated rings. The molecule has 3 N–H and O–H groups in total. The molecule has 2 aromatic rings. The Kier molecular flexibility index (Phi) is 4.21. The zero-order chi connectivity index (χ0) is 15.6. The average molecular weight is 328 g/mol. The number of nitrogens with two attached hydrogens (primary N) is 1. The molecule has 1 aromatic carbocycles. The molecule has 0 radical (unpaired) electrons. The van der Waals surface area contributed by atoms with Crippen molar-refractivity contribution in [1.82, 2.24) is 9.71 Å². The number of aryl methyl sites for hydroxylation is 1. The van der Waals surface area contributed by atoms with Gasteiger partial charge >= 0.3 is 5.69 Å². The molecule has 0 aliphatic heterocycles. The van der Waals surface area contributed by atoms with E-state index in [1.807, 2.05) is 0 Å². The van der Waals surface area contributed by atoms with Gasteiger partial charge in [-0.05, 0) is 19.1 Å². The van der Waals surface area contributed by atoms with Gasteiger partial charge in [0, 0.05) is 11.4 Å². The Morgan fingerprint density at radius 2 is 2.19 bits per heavy atom. The highest BCUT2D eigenvalue weighted by molar-refractivity contribution is 7.89. The zero-order valence-electron chi connectivity index (χ0n) is 10.9. The number of nitrogens with one attached hydrogen (secondary N) is 1. The molecule has 0 aliphatic rings. The van der Waals surface area contributed by atoms with E-state index >= 15 is 0 Å². The predicted octanol–water partition coefficient (Wildman–Crippen LogP) is 1.42. The van der Waals surface area contributed by atoms with Crippen LogP contribution in [0.2, 0.25) is 0 Å². The molecule has 112 valence electrons. The highest BCUT2D eigenvalue weighted by Gasteiger charge is 2.28. The number of nitrogen functional groups attached to an aromatic ring is 1. The number of benzene rings is 1. The molecule has 10 heteroatoms. The summed E-state index contributed by atoms with van der Waals surface area (Å²) in [5.41, 5.74) is 6.99. The summed E-state index contributed by atoms with van der Waals surface area (Å²) in [5, 5.41) is 11.0. The number of rotatable bonds is 5. The van der Waals surface area contributed by atoms with Gasteiger partial charge in [-0.2, -0.15) is 0 Å². The molecule has 2 rings (SSSR count). The molecular weight excluding hydrogens is 316 g/mol. The van der Waals surface area contributed by atoms with Gasteiger partial charge in [-0.25, -0.2) is 18.1 Å². The Hall–Kier alpha value is -2.04. The van der Waals surface area contributed by atoms with Crippen molar-refractivity contribution < 1.29 is 13.3 Å². The van der Waals surface area contributed by atoms with E-state index in [0.29, 0.717) is 5.69 Å². The van der Waals surface area contributed by atoms with Crippen LogP contribution in [0.5, 0.6) is 0 Å². The highest BCUT2D eigenvalue weighted by atomic mass is 32.2. The Balaban J connectivity index is 2.34. The summed E-state index contributed by atoms with van der Waals surface area (Å²) in [5.74, 6) is 0. The van der Waals surface area contributed by atoms with Crippen molar-refractivity contribution in [3.05, 3.63) is 44.4 Å². The summed E-state index contributed by atoms with van der Waals surface area (Å²) in [6.07, 6.45) is 0. The van der Waals surface area contributed by atoms with E-state index in [0.717, 1.165) is 10.9 Å². The molecule has 1 heterocycles. The van der Waals surface area contributed by atoms with Crippen LogP contribution in [-0.2, 0) is 16.6 Å². The van der Waals surface area contributed by atoms with Crippen LogP contribution in [0.25, 0.3) is 0 Å². The monoisotopic (exact) mass is 328 g/mol. The van der Waals surface area contributed by atoms with Gasteiger partial charge in [0.1, 0.15) is 5.69 Å². The van der Waals surface area contributed by atoms with Crippen LogP contribution in [0.1, 0.15) is 10.6 Å². The molecule has 0 amide bonds. The Morgan fingerprint density at radius 3 is 2.76 bits per heavy atom. The number of nitrogens with zero attached hydrogens (tertiary/aromatic N) is 2. The molecule has 0 spiro atoms. The van der Waals surface area contributed by atoms with Crippen LogP contribution >= 0.6 is 11.3 Å². The second-order valence-corrected chi connectivity index (χ2v) is 6.81. The van der Waals surface area contributed by atoms with Crippen LogP contribution in [0.3, 0.4) is 0 Å². The number of sulfonamides is 1. The van der Waals surface area contributed by atoms with Crippen molar-refractivity contribution in [3.63, 3.8) is 0 Å². The summed E-state index contributed by atoms with van der Waals surface area (Å²) in [6.45, 7) is 1.77. The number of thiazole rings is 1. The minimum Gasteiger partial charge on any atom is -0.393 e. The Bertz CT molecular complexity index is 785. The largest absolute Gasteiger partial charge is 0.393 e. The minimum atomic E-state index is -4.04. The molecule has 0 saturated heterocycles. The van der Waals surface area contributed by atoms with E-state index in [2.05, 4.69) is 9.71 Å². The first-order valence-electron chi connectivity index (χ1n) is 5.74. The van der Waals surface area contributed by atoms with E-state index in [1.165, 1.54) is 23.5 Å². The zero-order valence-corrected chi connectivity index (χ0v) is 12.6. The fourth-order valence-corrected chi connectivity index (χ4v) is 3.69. The molecule has 0 atom stereocenters. The first-order chi connectivity index (χ1) is 9.83. The van der Waals surface area contributed by atoms with Gasteiger partial charge in [0.15, 0.2) is 4.90 Å². The maximum absolute atomic E-state index is 12.2. The third kappa shape index (κ3) is 3.17. The molecule has 0 bridgehead atoms. The second kappa shape index (κ2) is 5.76. The quantitative estimate of drug-likeness (QED) is 0.485. The Labute approximate surface area is 124 Å². The van der Waals surface area contributed by atoms with Crippen molar-refractivity contribution in [3.8, 4) is 0 Å². The summed E-state index contributed by atoms with van der Waals surface area (Å²) >= 11 is 1.30. The number of hydrogen-bond donors (Lipinski definition) is 2. The third-order valence-electron chi connectivity index (χ3n) is 2.77. The molecule has 0 unspecified atom stereocenters. The number of aromatic nitrogens is 1. The number of nitro benzene ring substituents is 1. The maximum atomic E-state index is 12.2.